The molecule has 2 rings (SSSR count). The van der Waals surface area contributed by atoms with Crippen molar-refractivity contribution in [1.29, 1.82) is 0 Å². The van der Waals surface area contributed by atoms with Gasteiger partial charge in [-0.15, -0.1) is 0 Å². The van der Waals surface area contributed by atoms with Gasteiger partial charge < -0.3 is 15.0 Å². The molecule has 0 bridgehead atoms. The Bertz CT molecular complexity index is 467. The van der Waals surface area contributed by atoms with Crippen LogP contribution < -0.4 is 10.5 Å². The lowest BCUT2D eigenvalue weighted by Gasteiger charge is -2.15. The first-order valence-corrected chi connectivity index (χ1v) is 6.16. The zero-order valence-electron chi connectivity index (χ0n) is 10.6. The molecular weight excluding hydrogens is 226 g/mol. The molecule has 0 aliphatic rings. The average Bonchev–Trinajstić information content (AvgIpc) is 2.82. The maximum Gasteiger partial charge on any atom is 0.119 e. The van der Waals surface area contributed by atoms with Crippen LogP contribution in [0.25, 0.3) is 0 Å². The van der Waals surface area contributed by atoms with Gasteiger partial charge in [0.2, 0.25) is 0 Å². The summed E-state index contributed by atoms with van der Waals surface area (Å²) in [6.45, 7) is 1.24. The zero-order chi connectivity index (χ0) is 12.8. The van der Waals surface area contributed by atoms with Crippen LogP contribution in [0.3, 0.4) is 0 Å². The smallest absolute Gasteiger partial charge is 0.119 e. The highest BCUT2D eigenvalue weighted by molar-refractivity contribution is 5.20. The summed E-state index contributed by atoms with van der Waals surface area (Å²) in [5, 5.41) is 0. The summed E-state index contributed by atoms with van der Waals surface area (Å²) in [5.41, 5.74) is 5.80. The highest BCUT2D eigenvalue weighted by atomic mass is 16.5. The van der Waals surface area contributed by atoms with Crippen molar-refractivity contribution >= 4 is 0 Å². The quantitative estimate of drug-likeness (QED) is 0.846. The lowest BCUT2D eigenvalue weighted by molar-refractivity contribution is 0.295. The fraction of sp³-hybridized carbons (Fsp3) is 0.357. The number of benzene rings is 1. The highest BCUT2D eigenvalue weighted by Gasteiger charge is 2.14. The summed E-state index contributed by atoms with van der Waals surface area (Å²) in [6, 6.07) is 9.82. The molecule has 0 saturated heterocycles. The fourth-order valence-corrected chi connectivity index (χ4v) is 1.96. The second-order valence-electron chi connectivity index (χ2n) is 4.28. The summed E-state index contributed by atoms with van der Waals surface area (Å²) in [5.74, 6) is 2.16. The molecule has 2 aromatic rings. The predicted molar refractivity (Wildman–Crippen MR) is 71.6 cm³/mol. The second-order valence-corrected chi connectivity index (χ2v) is 4.28. The molecule has 96 valence electrons. The number of aromatic nitrogens is 2. The minimum atomic E-state index is 0.244. The number of nitrogens with two attached hydrogens (primary N) is 1. The standard InChI is InChI=1S/C14H19N3O/c1-17-9-8-16-14(17)12(11-15)7-10-18-13-5-3-2-4-6-13/h2-6,8-9,12H,7,10-11,15H2,1H3. The number of nitrogens with zero attached hydrogens (tertiary/aromatic N) is 2. The summed E-state index contributed by atoms with van der Waals surface area (Å²) < 4.78 is 7.70. The van der Waals surface area contributed by atoms with E-state index in [2.05, 4.69) is 4.98 Å². The van der Waals surface area contributed by atoms with E-state index in [0.29, 0.717) is 13.2 Å². The molecule has 0 saturated carbocycles. The van der Waals surface area contributed by atoms with Gasteiger partial charge in [0, 0.05) is 31.9 Å². The highest BCUT2D eigenvalue weighted by Crippen LogP contribution is 2.17. The Morgan fingerprint density at radius 2 is 2.11 bits per heavy atom. The third-order valence-corrected chi connectivity index (χ3v) is 2.99. The molecule has 4 heteroatoms. The molecule has 1 unspecified atom stereocenters. The van der Waals surface area contributed by atoms with Crippen molar-refractivity contribution in [3.8, 4) is 5.75 Å². The number of para-hydroxylation sites is 1. The Balaban J connectivity index is 1.87. The van der Waals surface area contributed by atoms with Gasteiger partial charge in [-0.05, 0) is 18.6 Å². The Labute approximate surface area is 107 Å². The summed E-state index contributed by atoms with van der Waals surface area (Å²) >= 11 is 0. The molecule has 0 aliphatic carbocycles. The van der Waals surface area contributed by atoms with Gasteiger partial charge in [0.15, 0.2) is 0 Å². The SMILES string of the molecule is Cn1ccnc1C(CN)CCOc1ccccc1. The third-order valence-electron chi connectivity index (χ3n) is 2.99. The topological polar surface area (TPSA) is 53.1 Å². The normalized spacial score (nSPS) is 12.3. The van der Waals surface area contributed by atoms with Crippen LogP contribution >= 0.6 is 0 Å². The van der Waals surface area contributed by atoms with E-state index < -0.39 is 0 Å². The monoisotopic (exact) mass is 245 g/mol. The first-order valence-electron chi connectivity index (χ1n) is 6.16. The van der Waals surface area contributed by atoms with Crippen LogP contribution in [0, 0.1) is 0 Å². The van der Waals surface area contributed by atoms with Gasteiger partial charge in [0.25, 0.3) is 0 Å². The van der Waals surface area contributed by atoms with Crippen LogP contribution in [0.1, 0.15) is 18.2 Å². The van der Waals surface area contributed by atoms with Gasteiger partial charge in [0.1, 0.15) is 11.6 Å². The van der Waals surface area contributed by atoms with E-state index in [9.17, 15) is 0 Å². The minimum Gasteiger partial charge on any atom is -0.494 e. The number of imidazole rings is 1. The molecule has 0 amide bonds. The second kappa shape index (κ2) is 6.21. The van der Waals surface area contributed by atoms with Crippen molar-refractivity contribution in [2.24, 2.45) is 12.8 Å². The molecule has 2 N–H and O–H groups in total. The number of aryl methyl sites for hydroxylation is 1. The Hall–Kier alpha value is -1.81. The van der Waals surface area contributed by atoms with Gasteiger partial charge >= 0.3 is 0 Å². The molecule has 1 aromatic heterocycles. The van der Waals surface area contributed by atoms with E-state index in [1.54, 1.807) is 6.20 Å². The molecule has 0 spiro atoms. The van der Waals surface area contributed by atoms with E-state index >= 15 is 0 Å². The van der Waals surface area contributed by atoms with Crippen molar-refractivity contribution in [2.75, 3.05) is 13.2 Å². The van der Waals surface area contributed by atoms with E-state index in [-0.39, 0.29) is 5.92 Å². The summed E-state index contributed by atoms with van der Waals surface area (Å²) in [7, 11) is 1.99. The van der Waals surface area contributed by atoms with Gasteiger partial charge in [-0.1, -0.05) is 18.2 Å². The Kier molecular flexibility index (Phi) is 4.36. The number of hydrogen-bond donors (Lipinski definition) is 1. The third kappa shape index (κ3) is 3.11. The number of ether oxygens (including phenoxy) is 1. The minimum absolute atomic E-state index is 0.244. The van der Waals surface area contributed by atoms with Gasteiger partial charge in [-0.25, -0.2) is 4.98 Å². The fourth-order valence-electron chi connectivity index (χ4n) is 1.96. The maximum absolute atomic E-state index is 5.80. The predicted octanol–water partition coefficient (Wildman–Crippen LogP) is 1.93. The van der Waals surface area contributed by atoms with Crippen LogP contribution in [0.4, 0.5) is 0 Å². The van der Waals surface area contributed by atoms with Crippen molar-refractivity contribution in [2.45, 2.75) is 12.3 Å². The van der Waals surface area contributed by atoms with Gasteiger partial charge in [-0.2, -0.15) is 0 Å². The van der Waals surface area contributed by atoms with Crippen molar-refractivity contribution in [3.05, 3.63) is 48.5 Å². The van der Waals surface area contributed by atoms with Gasteiger partial charge in [-0.3, -0.25) is 0 Å². The first-order chi connectivity index (χ1) is 8.81. The molecule has 0 fully saturated rings. The molecule has 1 atom stereocenters. The summed E-state index contributed by atoms with van der Waals surface area (Å²) in [6.07, 6.45) is 4.61. The Morgan fingerprint density at radius 1 is 1.33 bits per heavy atom. The number of hydrogen-bond acceptors (Lipinski definition) is 3. The molecule has 1 heterocycles. The zero-order valence-corrected chi connectivity index (χ0v) is 10.6. The van der Waals surface area contributed by atoms with Crippen LogP contribution in [0.15, 0.2) is 42.7 Å². The maximum atomic E-state index is 5.80. The van der Waals surface area contributed by atoms with Crippen molar-refractivity contribution in [3.63, 3.8) is 0 Å². The molecular formula is C14H19N3O. The van der Waals surface area contributed by atoms with Crippen LogP contribution in [0.5, 0.6) is 5.75 Å². The lowest BCUT2D eigenvalue weighted by Crippen LogP contribution is -2.18. The Morgan fingerprint density at radius 3 is 2.72 bits per heavy atom. The van der Waals surface area contributed by atoms with Crippen molar-refractivity contribution < 1.29 is 4.74 Å². The van der Waals surface area contributed by atoms with Crippen LogP contribution in [-0.2, 0) is 7.05 Å². The lowest BCUT2D eigenvalue weighted by atomic mass is 10.1. The largest absolute Gasteiger partial charge is 0.494 e. The average molecular weight is 245 g/mol. The van der Waals surface area contributed by atoms with Crippen LogP contribution in [-0.4, -0.2) is 22.7 Å². The number of rotatable bonds is 6. The van der Waals surface area contributed by atoms with Crippen molar-refractivity contribution in [1.82, 2.24) is 9.55 Å². The van der Waals surface area contributed by atoms with Gasteiger partial charge in [0.05, 0.1) is 6.61 Å². The van der Waals surface area contributed by atoms with E-state index in [1.807, 2.05) is 48.1 Å². The van der Waals surface area contributed by atoms with Crippen LogP contribution in [0.2, 0.25) is 0 Å². The van der Waals surface area contributed by atoms with E-state index in [4.69, 9.17) is 10.5 Å². The molecule has 1 aromatic carbocycles. The van der Waals surface area contributed by atoms with E-state index in [1.165, 1.54) is 0 Å². The molecule has 4 nitrogen and oxygen atoms in total. The first kappa shape index (κ1) is 12.6. The summed E-state index contributed by atoms with van der Waals surface area (Å²) in [4.78, 5) is 4.34. The molecule has 18 heavy (non-hydrogen) atoms. The molecule has 0 radical (unpaired) electrons. The molecule has 0 aliphatic heterocycles. The van der Waals surface area contributed by atoms with E-state index in [0.717, 1.165) is 18.0 Å².